The predicted octanol–water partition coefficient (Wildman–Crippen LogP) is 3.51. The SMILES string of the molecule is CC(=O)c1ccccc1N1CCc2sccc2C1. The van der Waals surface area contributed by atoms with Gasteiger partial charge < -0.3 is 4.90 Å². The standard InChI is InChI=1S/C15H15NOS/c1-11(17)13-4-2-3-5-14(13)16-8-6-15-12(10-16)7-9-18-15/h2-5,7,9H,6,8,10H2,1H3. The first-order valence-corrected chi connectivity index (χ1v) is 7.04. The van der Waals surface area contributed by atoms with Gasteiger partial charge in [-0.15, -0.1) is 11.3 Å². The van der Waals surface area contributed by atoms with Gasteiger partial charge >= 0.3 is 0 Å². The van der Waals surface area contributed by atoms with E-state index < -0.39 is 0 Å². The monoisotopic (exact) mass is 257 g/mol. The molecule has 0 saturated heterocycles. The van der Waals surface area contributed by atoms with Gasteiger partial charge in [-0.2, -0.15) is 0 Å². The largest absolute Gasteiger partial charge is 0.366 e. The second-order valence-corrected chi connectivity index (χ2v) is 5.61. The molecule has 1 aromatic heterocycles. The van der Waals surface area contributed by atoms with Crippen LogP contribution in [0.4, 0.5) is 5.69 Å². The molecular formula is C15H15NOS. The number of fused-ring (bicyclic) bond motifs is 1. The molecule has 0 aliphatic carbocycles. The number of carbonyl (C=O) groups excluding carboxylic acids is 1. The fraction of sp³-hybridized carbons (Fsp3) is 0.267. The second-order valence-electron chi connectivity index (χ2n) is 4.61. The van der Waals surface area contributed by atoms with Crippen molar-refractivity contribution in [3.63, 3.8) is 0 Å². The molecule has 0 spiro atoms. The third-order valence-corrected chi connectivity index (χ3v) is 4.45. The number of carbonyl (C=O) groups is 1. The Morgan fingerprint density at radius 1 is 1.28 bits per heavy atom. The summed E-state index contributed by atoms with van der Waals surface area (Å²) in [7, 11) is 0. The minimum Gasteiger partial charge on any atom is -0.366 e. The summed E-state index contributed by atoms with van der Waals surface area (Å²) in [4.78, 5) is 15.5. The van der Waals surface area contributed by atoms with Crippen LogP contribution in [0.2, 0.25) is 0 Å². The average Bonchev–Trinajstić information content (AvgIpc) is 2.85. The van der Waals surface area contributed by atoms with Crippen molar-refractivity contribution >= 4 is 22.8 Å². The Morgan fingerprint density at radius 3 is 2.94 bits per heavy atom. The van der Waals surface area contributed by atoms with Crippen LogP contribution in [0.15, 0.2) is 35.7 Å². The predicted molar refractivity (Wildman–Crippen MR) is 75.5 cm³/mol. The summed E-state index contributed by atoms with van der Waals surface area (Å²) in [5, 5.41) is 2.16. The number of ketones is 1. The lowest BCUT2D eigenvalue weighted by Crippen LogP contribution is -2.30. The van der Waals surface area contributed by atoms with E-state index in [1.54, 1.807) is 6.92 Å². The molecule has 0 unspecified atom stereocenters. The highest BCUT2D eigenvalue weighted by atomic mass is 32.1. The number of para-hydroxylation sites is 1. The van der Waals surface area contributed by atoms with Gasteiger partial charge in [0.1, 0.15) is 0 Å². The fourth-order valence-electron chi connectivity index (χ4n) is 2.50. The summed E-state index contributed by atoms with van der Waals surface area (Å²) in [6.45, 7) is 3.56. The number of hydrogen-bond donors (Lipinski definition) is 0. The lowest BCUT2D eigenvalue weighted by molar-refractivity contribution is 0.101. The molecule has 0 fully saturated rings. The molecule has 3 heteroatoms. The van der Waals surface area contributed by atoms with Gasteiger partial charge in [0.15, 0.2) is 5.78 Å². The first-order chi connectivity index (χ1) is 8.75. The molecule has 1 aliphatic rings. The normalized spacial score (nSPS) is 14.4. The highest BCUT2D eigenvalue weighted by Crippen LogP contribution is 2.29. The average molecular weight is 257 g/mol. The molecule has 2 nitrogen and oxygen atoms in total. The lowest BCUT2D eigenvalue weighted by atomic mass is 10.0. The van der Waals surface area contributed by atoms with Crippen LogP contribution < -0.4 is 4.90 Å². The van der Waals surface area contributed by atoms with Crippen molar-refractivity contribution in [3.8, 4) is 0 Å². The van der Waals surface area contributed by atoms with Crippen LogP contribution in [0.25, 0.3) is 0 Å². The fourth-order valence-corrected chi connectivity index (χ4v) is 3.39. The highest BCUT2D eigenvalue weighted by Gasteiger charge is 2.20. The van der Waals surface area contributed by atoms with Crippen LogP contribution >= 0.6 is 11.3 Å². The summed E-state index contributed by atoms with van der Waals surface area (Å²) >= 11 is 1.84. The molecule has 0 amide bonds. The van der Waals surface area contributed by atoms with Gasteiger partial charge in [0, 0.05) is 29.2 Å². The van der Waals surface area contributed by atoms with E-state index in [9.17, 15) is 4.79 Å². The minimum atomic E-state index is 0.140. The number of nitrogens with zero attached hydrogens (tertiary/aromatic N) is 1. The molecule has 1 aromatic carbocycles. The molecule has 2 heterocycles. The van der Waals surface area contributed by atoms with E-state index in [2.05, 4.69) is 16.3 Å². The maximum absolute atomic E-state index is 11.7. The van der Waals surface area contributed by atoms with Crippen molar-refractivity contribution in [2.75, 3.05) is 11.4 Å². The summed E-state index contributed by atoms with van der Waals surface area (Å²) in [5.74, 6) is 0.140. The van der Waals surface area contributed by atoms with E-state index in [0.29, 0.717) is 0 Å². The molecule has 2 aromatic rings. The molecule has 0 radical (unpaired) electrons. The second kappa shape index (κ2) is 4.58. The molecular weight excluding hydrogens is 242 g/mol. The molecule has 0 atom stereocenters. The Kier molecular flexibility index (Phi) is 2.92. The molecule has 0 N–H and O–H groups in total. The topological polar surface area (TPSA) is 20.3 Å². The highest BCUT2D eigenvalue weighted by molar-refractivity contribution is 7.10. The van der Waals surface area contributed by atoms with E-state index in [-0.39, 0.29) is 5.78 Å². The van der Waals surface area contributed by atoms with Gasteiger partial charge in [0.2, 0.25) is 0 Å². The molecule has 18 heavy (non-hydrogen) atoms. The Bertz CT molecular complexity index is 588. The van der Waals surface area contributed by atoms with Crippen LogP contribution in [0.3, 0.4) is 0 Å². The Hall–Kier alpha value is -1.61. The van der Waals surface area contributed by atoms with Crippen LogP contribution in [-0.2, 0) is 13.0 Å². The van der Waals surface area contributed by atoms with E-state index in [4.69, 9.17) is 0 Å². The van der Waals surface area contributed by atoms with Crippen molar-refractivity contribution in [3.05, 3.63) is 51.7 Å². The molecule has 1 aliphatic heterocycles. The maximum Gasteiger partial charge on any atom is 0.161 e. The van der Waals surface area contributed by atoms with Gasteiger partial charge in [-0.05, 0) is 42.5 Å². The molecule has 0 saturated carbocycles. The number of Topliss-reactive ketones (excluding diaryl/α,β-unsaturated/α-hetero) is 1. The molecule has 0 bridgehead atoms. The number of thiophene rings is 1. The summed E-state index contributed by atoms with van der Waals surface area (Å²) in [5.41, 5.74) is 3.31. The van der Waals surface area contributed by atoms with Gasteiger partial charge in [0.25, 0.3) is 0 Å². The molecule has 3 rings (SSSR count). The zero-order chi connectivity index (χ0) is 12.5. The third kappa shape index (κ3) is 1.95. The number of hydrogen-bond acceptors (Lipinski definition) is 3. The van der Waals surface area contributed by atoms with Crippen molar-refractivity contribution in [1.82, 2.24) is 0 Å². The summed E-state index contributed by atoms with van der Waals surface area (Å²) in [6, 6.07) is 10.1. The van der Waals surface area contributed by atoms with Crippen LogP contribution in [0.5, 0.6) is 0 Å². The number of benzene rings is 1. The number of rotatable bonds is 2. The van der Waals surface area contributed by atoms with Crippen molar-refractivity contribution in [2.24, 2.45) is 0 Å². The third-order valence-electron chi connectivity index (χ3n) is 3.43. The summed E-state index contributed by atoms with van der Waals surface area (Å²) < 4.78 is 0. The Labute approximate surface area is 111 Å². The van der Waals surface area contributed by atoms with E-state index in [0.717, 1.165) is 30.8 Å². The first kappa shape index (κ1) is 11.5. The zero-order valence-corrected chi connectivity index (χ0v) is 11.2. The van der Waals surface area contributed by atoms with E-state index in [1.165, 1.54) is 10.4 Å². The smallest absolute Gasteiger partial charge is 0.161 e. The van der Waals surface area contributed by atoms with Gasteiger partial charge in [-0.1, -0.05) is 12.1 Å². The zero-order valence-electron chi connectivity index (χ0n) is 10.3. The van der Waals surface area contributed by atoms with Crippen LogP contribution in [0.1, 0.15) is 27.7 Å². The number of anilines is 1. The van der Waals surface area contributed by atoms with E-state index >= 15 is 0 Å². The Morgan fingerprint density at radius 2 is 2.11 bits per heavy atom. The van der Waals surface area contributed by atoms with Crippen molar-refractivity contribution in [1.29, 1.82) is 0 Å². The maximum atomic E-state index is 11.7. The van der Waals surface area contributed by atoms with Crippen LogP contribution in [-0.4, -0.2) is 12.3 Å². The van der Waals surface area contributed by atoms with Gasteiger partial charge in [-0.25, -0.2) is 0 Å². The minimum absolute atomic E-state index is 0.140. The van der Waals surface area contributed by atoms with Crippen molar-refractivity contribution in [2.45, 2.75) is 19.9 Å². The van der Waals surface area contributed by atoms with Crippen molar-refractivity contribution < 1.29 is 4.79 Å². The Balaban J connectivity index is 1.95. The van der Waals surface area contributed by atoms with Gasteiger partial charge in [-0.3, -0.25) is 4.79 Å². The van der Waals surface area contributed by atoms with E-state index in [1.807, 2.05) is 35.6 Å². The first-order valence-electron chi connectivity index (χ1n) is 6.16. The van der Waals surface area contributed by atoms with Gasteiger partial charge in [0.05, 0.1) is 0 Å². The van der Waals surface area contributed by atoms with Crippen LogP contribution in [0, 0.1) is 0 Å². The summed E-state index contributed by atoms with van der Waals surface area (Å²) in [6.07, 6.45) is 1.08. The molecule has 92 valence electrons. The lowest BCUT2D eigenvalue weighted by Gasteiger charge is -2.30. The quantitative estimate of drug-likeness (QED) is 0.767.